The molecule has 31 heavy (non-hydrogen) atoms. The number of halogens is 1. The van der Waals surface area contributed by atoms with Crippen LogP contribution in [-0.4, -0.2) is 18.4 Å². The Labute approximate surface area is 190 Å². The number of carbonyl (C=O) groups excluding carboxylic acids is 2. The summed E-state index contributed by atoms with van der Waals surface area (Å²) in [5, 5.41) is 5.53. The number of amides is 2. The lowest BCUT2D eigenvalue weighted by molar-refractivity contribution is -0.118. The van der Waals surface area contributed by atoms with Crippen LogP contribution in [0.2, 0.25) is 0 Å². The van der Waals surface area contributed by atoms with E-state index in [0.29, 0.717) is 28.7 Å². The van der Waals surface area contributed by atoms with Crippen molar-refractivity contribution in [3.05, 3.63) is 82.2 Å². The van der Waals surface area contributed by atoms with Gasteiger partial charge in [-0.05, 0) is 70.2 Å². The molecule has 2 amide bonds. The van der Waals surface area contributed by atoms with Gasteiger partial charge in [-0.2, -0.15) is 0 Å². The van der Waals surface area contributed by atoms with E-state index in [2.05, 4.69) is 40.4 Å². The number of hydrogen-bond donors (Lipinski definition) is 2. The molecule has 1 aromatic heterocycles. The maximum Gasteiger partial charge on any atom is 0.262 e. The van der Waals surface area contributed by atoms with Crippen molar-refractivity contribution in [2.75, 3.05) is 11.9 Å². The number of nitrogens with one attached hydrogen (secondary N) is 2. The summed E-state index contributed by atoms with van der Waals surface area (Å²) in [5.74, 6) is 1.02. The van der Waals surface area contributed by atoms with Gasteiger partial charge >= 0.3 is 0 Å². The van der Waals surface area contributed by atoms with Crippen LogP contribution in [0.15, 0.2) is 69.8 Å². The highest BCUT2D eigenvalue weighted by Gasteiger charge is 2.14. The zero-order valence-electron chi connectivity index (χ0n) is 17.5. The summed E-state index contributed by atoms with van der Waals surface area (Å²) in [6, 6.07) is 16.2. The molecular formula is C24H25BrN2O4. The van der Waals surface area contributed by atoms with Gasteiger partial charge in [-0.25, -0.2) is 0 Å². The molecule has 2 aromatic carbocycles. The van der Waals surface area contributed by atoms with Gasteiger partial charge in [-0.15, -0.1) is 0 Å². The average molecular weight is 485 g/mol. The minimum Gasteiger partial charge on any atom is -0.483 e. The van der Waals surface area contributed by atoms with Crippen LogP contribution in [0.25, 0.3) is 0 Å². The molecule has 0 aliphatic heterocycles. The van der Waals surface area contributed by atoms with Crippen LogP contribution >= 0.6 is 15.9 Å². The summed E-state index contributed by atoms with van der Waals surface area (Å²) in [6.07, 6.45) is 2.59. The van der Waals surface area contributed by atoms with Crippen LogP contribution in [0.1, 0.15) is 47.9 Å². The van der Waals surface area contributed by atoms with Crippen LogP contribution in [0, 0.1) is 0 Å². The quantitative estimate of drug-likeness (QED) is 0.419. The fourth-order valence-corrected chi connectivity index (χ4v) is 3.48. The molecule has 162 valence electrons. The first-order valence-electron chi connectivity index (χ1n) is 10.1. The number of carbonyl (C=O) groups is 2. The Morgan fingerprint density at radius 2 is 1.94 bits per heavy atom. The van der Waals surface area contributed by atoms with Gasteiger partial charge in [0.1, 0.15) is 11.5 Å². The smallest absolute Gasteiger partial charge is 0.262 e. The Morgan fingerprint density at radius 3 is 2.65 bits per heavy atom. The van der Waals surface area contributed by atoms with Gasteiger partial charge in [0.25, 0.3) is 11.8 Å². The number of anilines is 1. The summed E-state index contributed by atoms with van der Waals surface area (Å²) >= 11 is 3.51. The van der Waals surface area contributed by atoms with Crippen molar-refractivity contribution in [2.45, 2.75) is 32.7 Å². The number of ether oxygens (including phenoxy) is 1. The van der Waals surface area contributed by atoms with E-state index in [0.717, 1.165) is 10.9 Å². The first-order valence-corrected chi connectivity index (χ1v) is 10.9. The van der Waals surface area contributed by atoms with Crippen LogP contribution < -0.4 is 15.4 Å². The number of rotatable bonds is 9. The minimum atomic E-state index is -0.357. The van der Waals surface area contributed by atoms with Crippen molar-refractivity contribution in [3.8, 4) is 5.75 Å². The molecule has 0 saturated heterocycles. The van der Waals surface area contributed by atoms with Gasteiger partial charge in [0, 0.05) is 0 Å². The van der Waals surface area contributed by atoms with Gasteiger partial charge in [0.15, 0.2) is 6.61 Å². The van der Waals surface area contributed by atoms with E-state index in [-0.39, 0.29) is 25.0 Å². The molecule has 1 heterocycles. The molecule has 1 unspecified atom stereocenters. The zero-order valence-corrected chi connectivity index (χ0v) is 19.1. The average Bonchev–Trinajstić information content (AvgIpc) is 3.30. The maximum atomic E-state index is 12.5. The molecule has 0 aliphatic carbocycles. The van der Waals surface area contributed by atoms with Crippen molar-refractivity contribution in [1.29, 1.82) is 0 Å². The van der Waals surface area contributed by atoms with Gasteiger partial charge in [-0.1, -0.05) is 32.0 Å². The summed E-state index contributed by atoms with van der Waals surface area (Å²) in [7, 11) is 0. The minimum absolute atomic E-state index is 0.177. The highest BCUT2D eigenvalue weighted by Crippen LogP contribution is 2.30. The van der Waals surface area contributed by atoms with Crippen molar-refractivity contribution in [1.82, 2.24) is 5.32 Å². The molecule has 0 radical (unpaired) electrons. The highest BCUT2D eigenvalue weighted by atomic mass is 79.9. The lowest BCUT2D eigenvalue weighted by Gasteiger charge is -2.14. The molecule has 7 heteroatoms. The van der Waals surface area contributed by atoms with Crippen LogP contribution in [0.3, 0.4) is 0 Å². The number of furan rings is 1. The predicted molar refractivity (Wildman–Crippen MR) is 123 cm³/mol. The lowest BCUT2D eigenvalue weighted by atomic mass is 9.99. The third kappa shape index (κ3) is 6.21. The molecule has 0 aliphatic rings. The fourth-order valence-electron chi connectivity index (χ4n) is 2.97. The normalized spacial score (nSPS) is 11.6. The third-order valence-electron chi connectivity index (χ3n) is 4.95. The summed E-state index contributed by atoms with van der Waals surface area (Å²) in [5.41, 5.74) is 1.99. The number of para-hydroxylation sites is 1. The molecule has 0 saturated carbocycles. The second kappa shape index (κ2) is 10.8. The highest BCUT2D eigenvalue weighted by molar-refractivity contribution is 9.10. The van der Waals surface area contributed by atoms with Crippen LogP contribution in [-0.2, 0) is 11.3 Å². The Kier molecular flexibility index (Phi) is 7.89. The van der Waals surface area contributed by atoms with Gasteiger partial charge in [0.05, 0.1) is 28.5 Å². The van der Waals surface area contributed by atoms with Gasteiger partial charge in [-0.3, -0.25) is 9.59 Å². The van der Waals surface area contributed by atoms with Crippen molar-refractivity contribution >= 4 is 33.4 Å². The first-order chi connectivity index (χ1) is 15.0. The van der Waals surface area contributed by atoms with E-state index in [1.165, 1.54) is 5.56 Å². The SMILES string of the molecule is CCC(C)c1ccc(OCC(=O)Nc2ccccc2C(=O)NCc2ccco2)c(Br)c1. The molecule has 3 rings (SSSR count). The number of hydrogen-bond acceptors (Lipinski definition) is 4. The van der Waals surface area contributed by atoms with E-state index in [1.54, 1.807) is 42.7 Å². The van der Waals surface area contributed by atoms with Crippen molar-refractivity contribution < 1.29 is 18.7 Å². The maximum absolute atomic E-state index is 12.5. The molecule has 2 N–H and O–H groups in total. The molecule has 0 fully saturated rings. The van der Waals surface area contributed by atoms with Crippen LogP contribution in [0.5, 0.6) is 5.75 Å². The van der Waals surface area contributed by atoms with E-state index < -0.39 is 0 Å². The molecule has 0 bridgehead atoms. The van der Waals surface area contributed by atoms with E-state index in [4.69, 9.17) is 9.15 Å². The van der Waals surface area contributed by atoms with Crippen molar-refractivity contribution in [3.63, 3.8) is 0 Å². The molecule has 0 spiro atoms. The van der Waals surface area contributed by atoms with Crippen molar-refractivity contribution in [2.24, 2.45) is 0 Å². The summed E-state index contributed by atoms with van der Waals surface area (Å²) in [4.78, 5) is 25.0. The zero-order chi connectivity index (χ0) is 22.2. The monoisotopic (exact) mass is 484 g/mol. The third-order valence-corrected chi connectivity index (χ3v) is 5.56. The molecule has 3 aromatic rings. The largest absolute Gasteiger partial charge is 0.483 e. The topological polar surface area (TPSA) is 80.6 Å². The Hall–Kier alpha value is -3.06. The second-order valence-electron chi connectivity index (χ2n) is 7.14. The van der Waals surface area contributed by atoms with Gasteiger partial charge in [0.2, 0.25) is 0 Å². The standard InChI is InChI=1S/C24H25BrN2O4/c1-3-16(2)17-10-11-22(20(25)13-17)31-15-23(28)27-21-9-5-4-8-19(21)24(29)26-14-18-7-6-12-30-18/h4-13,16H,3,14-15H2,1-2H3,(H,26,29)(H,27,28). The fraction of sp³-hybridized carbons (Fsp3) is 0.250. The second-order valence-corrected chi connectivity index (χ2v) is 8.00. The molecule has 6 nitrogen and oxygen atoms in total. The Bertz CT molecular complexity index is 1030. The van der Waals surface area contributed by atoms with E-state index >= 15 is 0 Å². The lowest BCUT2D eigenvalue weighted by Crippen LogP contribution is -2.26. The van der Waals surface area contributed by atoms with E-state index in [9.17, 15) is 9.59 Å². The molecular weight excluding hydrogens is 460 g/mol. The van der Waals surface area contributed by atoms with E-state index in [1.807, 2.05) is 18.2 Å². The molecule has 1 atom stereocenters. The predicted octanol–water partition coefficient (Wildman–Crippen LogP) is 5.50. The van der Waals surface area contributed by atoms with Gasteiger partial charge < -0.3 is 19.8 Å². The first kappa shape index (κ1) is 22.6. The van der Waals surface area contributed by atoms with Crippen LogP contribution in [0.4, 0.5) is 5.69 Å². The summed E-state index contributed by atoms with van der Waals surface area (Å²) < 4.78 is 11.7. The number of benzene rings is 2. The summed E-state index contributed by atoms with van der Waals surface area (Å²) in [6.45, 7) is 4.39. The Balaban J connectivity index is 1.59. The Morgan fingerprint density at radius 1 is 1.13 bits per heavy atom.